The van der Waals surface area contributed by atoms with Crippen LogP contribution in [-0.4, -0.2) is 38.8 Å². The first-order valence-corrected chi connectivity index (χ1v) is 23.2. The molecule has 5 heteroatoms. The molecule has 0 aromatic carbocycles. The third kappa shape index (κ3) is 51.5. The Kier molecular flexibility index (Phi) is 48.7. The van der Waals surface area contributed by atoms with Gasteiger partial charge in [0.1, 0.15) is 0 Å². The molecule has 0 rings (SSSR count). The van der Waals surface area contributed by atoms with Crippen molar-refractivity contribution in [3.8, 4) is 0 Å². The molecule has 0 saturated carbocycles. The van der Waals surface area contributed by atoms with Gasteiger partial charge in [-0.15, -0.1) is 0 Å². The SMILES string of the molecule is CCCCCCCCCCCCCCCCC(O)C(=O)O.CCCCCCCCCCCCCCCCCCCCCCCCCCCC(O)O. The first-order chi connectivity index (χ1) is 25.0. The second kappa shape index (κ2) is 47.4. The molecule has 0 aromatic rings. The molecule has 0 aliphatic carbocycles. The Bertz CT molecular complexity index is 625. The Balaban J connectivity index is 0. The standard InChI is InChI=1S/C28H58O2.C18H36O3/c1-2-3-4-5-6-7-8-9-10-11-12-13-14-15-16-17-18-19-20-21-22-23-24-25-26-27-28(29)30;1-2-3-4-5-6-7-8-9-10-11-12-13-14-15-16-17(19)18(20)21/h28-30H,2-27H2,1H3;17,19H,2-16H2,1H3,(H,20,21). The van der Waals surface area contributed by atoms with Crippen molar-refractivity contribution in [3.63, 3.8) is 0 Å². The molecule has 4 N–H and O–H groups in total. The molecule has 1 atom stereocenters. The summed E-state index contributed by atoms with van der Waals surface area (Å²) >= 11 is 0. The molecule has 0 bridgehead atoms. The largest absolute Gasteiger partial charge is 0.479 e. The van der Waals surface area contributed by atoms with Gasteiger partial charge in [0.2, 0.25) is 0 Å². The van der Waals surface area contributed by atoms with Crippen LogP contribution in [0.4, 0.5) is 0 Å². The van der Waals surface area contributed by atoms with Gasteiger partial charge >= 0.3 is 5.97 Å². The number of aliphatic carboxylic acids is 1. The molecule has 0 saturated heterocycles. The topological polar surface area (TPSA) is 98.0 Å². The van der Waals surface area contributed by atoms with Gasteiger partial charge in [-0.25, -0.2) is 4.79 Å². The summed E-state index contributed by atoms with van der Waals surface area (Å²) in [4.78, 5) is 10.4. The van der Waals surface area contributed by atoms with Crippen LogP contribution in [0.25, 0.3) is 0 Å². The van der Waals surface area contributed by atoms with E-state index in [1.54, 1.807) is 0 Å². The Morgan fingerprint density at radius 1 is 0.314 bits per heavy atom. The number of hydrogen-bond donors (Lipinski definition) is 4. The van der Waals surface area contributed by atoms with Crippen LogP contribution < -0.4 is 0 Å². The lowest BCUT2D eigenvalue weighted by atomic mass is 10.0. The Morgan fingerprint density at radius 2 is 0.490 bits per heavy atom. The van der Waals surface area contributed by atoms with E-state index in [-0.39, 0.29) is 0 Å². The van der Waals surface area contributed by atoms with Crippen molar-refractivity contribution in [1.29, 1.82) is 0 Å². The van der Waals surface area contributed by atoms with E-state index in [2.05, 4.69) is 13.8 Å². The number of carboxylic acid groups (broad SMARTS) is 1. The molecule has 1 unspecified atom stereocenters. The monoisotopic (exact) mass is 727 g/mol. The zero-order chi connectivity index (χ0) is 37.7. The maximum Gasteiger partial charge on any atom is 0.332 e. The van der Waals surface area contributed by atoms with Gasteiger partial charge < -0.3 is 20.4 Å². The van der Waals surface area contributed by atoms with Gasteiger partial charge in [-0.3, -0.25) is 0 Å². The Labute approximate surface area is 320 Å². The lowest BCUT2D eigenvalue weighted by Crippen LogP contribution is -2.18. The predicted molar refractivity (Wildman–Crippen MR) is 223 cm³/mol. The highest BCUT2D eigenvalue weighted by Gasteiger charge is 2.11. The van der Waals surface area contributed by atoms with Crippen LogP contribution in [0.15, 0.2) is 0 Å². The van der Waals surface area contributed by atoms with Gasteiger partial charge in [-0.2, -0.15) is 0 Å². The average Bonchev–Trinajstić information content (AvgIpc) is 3.11. The summed E-state index contributed by atoms with van der Waals surface area (Å²) in [6, 6.07) is 0. The first-order valence-electron chi connectivity index (χ1n) is 23.2. The third-order valence-corrected chi connectivity index (χ3v) is 10.7. The summed E-state index contributed by atoms with van der Waals surface area (Å²) < 4.78 is 0. The lowest BCUT2D eigenvalue weighted by Gasteiger charge is -2.05. The normalized spacial score (nSPS) is 12.0. The first kappa shape index (κ1) is 52.5. The zero-order valence-corrected chi connectivity index (χ0v) is 34.8. The summed E-state index contributed by atoms with van der Waals surface area (Å²) in [5.74, 6) is -1.09. The number of unbranched alkanes of at least 4 members (excludes halogenated alkanes) is 37. The van der Waals surface area contributed by atoms with Gasteiger partial charge in [0.15, 0.2) is 12.4 Å². The van der Waals surface area contributed by atoms with Gasteiger partial charge in [0.05, 0.1) is 0 Å². The van der Waals surface area contributed by atoms with Crippen molar-refractivity contribution in [2.45, 2.75) is 289 Å². The lowest BCUT2D eigenvalue weighted by molar-refractivity contribution is -0.146. The maximum atomic E-state index is 10.4. The quantitative estimate of drug-likeness (QED) is 0.0371. The highest BCUT2D eigenvalue weighted by atomic mass is 16.5. The third-order valence-electron chi connectivity index (χ3n) is 10.7. The fourth-order valence-corrected chi connectivity index (χ4v) is 7.12. The van der Waals surface area contributed by atoms with Crippen molar-refractivity contribution in [2.24, 2.45) is 0 Å². The molecule has 0 spiro atoms. The molecular formula is C46H94O5. The van der Waals surface area contributed by atoms with Crippen molar-refractivity contribution in [2.75, 3.05) is 0 Å². The molecule has 51 heavy (non-hydrogen) atoms. The van der Waals surface area contributed by atoms with Gasteiger partial charge in [0, 0.05) is 0 Å². The van der Waals surface area contributed by atoms with Crippen molar-refractivity contribution < 1.29 is 25.2 Å². The van der Waals surface area contributed by atoms with Crippen molar-refractivity contribution >= 4 is 5.97 Å². The molecule has 0 heterocycles. The van der Waals surface area contributed by atoms with E-state index in [1.807, 2.05) is 0 Å². The van der Waals surface area contributed by atoms with Gasteiger partial charge in [-0.1, -0.05) is 258 Å². The summed E-state index contributed by atoms with van der Waals surface area (Å²) in [6.07, 6.45) is 51.7. The van der Waals surface area contributed by atoms with E-state index in [4.69, 9.17) is 20.4 Å². The van der Waals surface area contributed by atoms with Crippen LogP contribution in [0.1, 0.15) is 277 Å². The van der Waals surface area contributed by atoms with Gasteiger partial charge in [0.25, 0.3) is 0 Å². The predicted octanol–water partition coefficient (Wildman–Crippen LogP) is 14.8. The molecule has 0 aliphatic rings. The summed E-state index contributed by atoms with van der Waals surface area (Å²) in [6.45, 7) is 4.55. The minimum Gasteiger partial charge on any atom is -0.479 e. The van der Waals surface area contributed by atoms with Crippen LogP contribution in [0.2, 0.25) is 0 Å². The fourth-order valence-electron chi connectivity index (χ4n) is 7.12. The minimum absolute atomic E-state index is 0.396. The molecule has 0 radical (unpaired) electrons. The van der Waals surface area contributed by atoms with E-state index in [9.17, 15) is 4.79 Å². The molecule has 308 valence electrons. The van der Waals surface area contributed by atoms with E-state index in [1.165, 1.54) is 225 Å². The maximum absolute atomic E-state index is 10.4. The summed E-state index contributed by atoms with van der Waals surface area (Å²) in [5, 5.41) is 35.2. The van der Waals surface area contributed by atoms with Crippen LogP contribution in [-0.2, 0) is 4.79 Å². The number of aliphatic hydroxyl groups excluding tert-OH is 2. The molecule has 0 fully saturated rings. The number of rotatable bonds is 42. The van der Waals surface area contributed by atoms with E-state index >= 15 is 0 Å². The Morgan fingerprint density at radius 3 is 0.667 bits per heavy atom. The highest BCUT2D eigenvalue weighted by Crippen LogP contribution is 2.17. The van der Waals surface area contributed by atoms with Gasteiger partial charge in [-0.05, 0) is 19.3 Å². The zero-order valence-electron chi connectivity index (χ0n) is 34.8. The second-order valence-corrected chi connectivity index (χ2v) is 16.0. The van der Waals surface area contributed by atoms with Crippen molar-refractivity contribution in [1.82, 2.24) is 0 Å². The van der Waals surface area contributed by atoms with Crippen LogP contribution in [0.5, 0.6) is 0 Å². The van der Waals surface area contributed by atoms with E-state index in [0.717, 1.165) is 25.7 Å². The number of aliphatic hydroxyl groups is 3. The summed E-state index contributed by atoms with van der Waals surface area (Å²) in [5.41, 5.74) is 0. The molecule has 0 amide bonds. The fraction of sp³-hybridized carbons (Fsp3) is 0.978. The van der Waals surface area contributed by atoms with Crippen LogP contribution >= 0.6 is 0 Å². The molecular weight excluding hydrogens is 633 g/mol. The number of hydrogen-bond acceptors (Lipinski definition) is 4. The second-order valence-electron chi connectivity index (χ2n) is 16.0. The number of carboxylic acids is 1. The minimum atomic E-state index is -1.16. The molecule has 0 aromatic heterocycles. The Hall–Kier alpha value is -0.650. The van der Waals surface area contributed by atoms with Crippen LogP contribution in [0.3, 0.4) is 0 Å². The highest BCUT2D eigenvalue weighted by molar-refractivity contribution is 5.71. The smallest absolute Gasteiger partial charge is 0.332 e. The number of carbonyl (C=O) groups is 1. The molecule has 0 aliphatic heterocycles. The van der Waals surface area contributed by atoms with E-state index < -0.39 is 18.4 Å². The van der Waals surface area contributed by atoms with Crippen molar-refractivity contribution in [3.05, 3.63) is 0 Å². The average molecular weight is 727 g/mol. The molecule has 5 nitrogen and oxygen atoms in total. The summed E-state index contributed by atoms with van der Waals surface area (Å²) in [7, 11) is 0. The van der Waals surface area contributed by atoms with Crippen LogP contribution in [0, 0.1) is 0 Å². The van der Waals surface area contributed by atoms with E-state index in [0.29, 0.717) is 12.8 Å².